The highest BCUT2D eigenvalue weighted by Gasteiger charge is 2.35. The Balaban J connectivity index is 1.75. The van der Waals surface area contributed by atoms with Crippen LogP contribution in [0.3, 0.4) is 0 Å². The summed E-state index contributed by atoms with van der Waals surface area (Å²) in [6, 6.07) is 18.4. The number of alkyl halides is 3. The molecule has 0 saturated carbocycles. The number of esters is 1. The first-order valence-corrected chi connectivity index (χ1v) is 12.2. The summed E-state index contributed by atoms with van der Waals surface area (Å²) >= 11 is 0. The molecule has 0 aliphatic heterocycles. The van der Waals surface area contributed by atoms with Crippen LogP contribution in [0.25, 0.3) is 22.5 Å². The van der Waals surface area contributed by atoms with Crippen LogP contribution in [0.5, 0.6) is 0 Å². The van der Waals surface area contributed by atoms with Crippen molar-refractivity contribution in [2.24, 2.45) is 7.05 Å². The van der Waals surface area contributed by atoms with Crippen LogP contribution in [-0.2, 0) is 22.8 Å². The third kappa shape index (κ3) is 6.18. The average molecular weight is 548 g/mol. The molecule has 8 nitrogen and oxygen atoms in total. The molecule has 0 spiro atoms. The first kappa shape index (κ1) is 28.0. The number of rotatable bonds is 8. The van der Waals surface area contributed by atoms with Crippen LogP contribution in [0.4, 0.5) is 18.9 Å². The number of carbonyl (C=O) groups excluding carboxylic acids is 2. The summed E-state index contributed by atoms with van der Waals surface area (Å²) in [5.41, 5.74) is 0.375. The Kier molecular flexibility index (Phi) is 8.29. The Bertz CT molecular complexity index is 1580. The number of amides is 1. The maximum Gasteiger partial charge on any atom is 0.417 e. The zero-order valence-corrected chi connectivity index (χ0v) is 21.6. The van der Waals surface area contributed by atoms with E-state index in [0.717, 1.165) is 18.2 Å². The van der Waals surface area contributed by atoms with Gasteiger partial charge in [0.15, 0.2) is 0 Å². The molecular formula is C29H24F3N5O3. The van der Waals surface area contributed by atoms with E-state index in [9.17, 15) is 28.0 Å². The monoisotopic (exact) mass is 547 g/mol. The number of pyridine rings is 1. The van der Waals surface area contributed by atoms with Crippen LogP contribution in [-0.4, -0.2) is 33.2 Å². The molecule has 0 aliphatic carbocycles. The lowest BCUT2D eigenvalue weighted by molar-refractivity contribution is -0.145. The molecular weight excluding hydrogens is 523 g/mol. The Labute approximate surface area is 228 Å². The molecule has 40 heavy (non-hydrogen) atoms. The molecule has 1 amide bonds. The SMILES string of the molecule is CCOC(=O)C(CC#N)c1ccc(NC(=O)c2ccc(C(F)(F)F)c(-c3ccn(C)n3)c2)c(-c2ccccc2)n1. The highest BCUT2D eigenvalue weighted by Crippen LogP contribution is 2.37. The second-order valence-electron chi connectivity index (χ2n) is 8.75. The number of nitriles is 1. The number of aromatic nitrogens is 3. The van der Waals surface area contributed by atoms with E-state index in [2.05, 4.69) is 15.4 Å². The summed E-state index contributed by atoms with van der Waals surface area (Å²) in [4.78, 5) is 30.4. The lowest BCUT2D eigenvalue weighted by atomic mass is 9.99. The molecule has 0 aliphatic rings. The van der Waals surface area contributed by atoms with Gasteiger partial charge in [-0.1, -0.05) is 30.3 Å². The summed E-state index contributed by atoms with van der Waals surface area (Å²) in [6.45, 7) is 1.79. The maximum absolute atomic E-state index is 13.7. The Morgan fingerprint density at radius 2 is 1.85 bits per heavy atom. The van der Waals surface area contributed by atoms with Gasteiger partial charge in [0.25, 0.3) is 5.91 Å². The van der Waals surface area contributed by atoms with Gasteiger partial charge in [0.05, 0.1) is 47.4 Å². The molecule has 0 fully saturated rings. The molecule has 4 aromatic rings. The minimum atomic E-state index is -4.65. The molecule has 0 radical (unpaired) electrons. The Hall–Kier alpha value is -4.98. The quantitative estimate of drug-likeness (QED) is 0.272. The van der Waals surface area contributed by atoms with Crippen molar-refractivity contribution < 1.29 is 27.5 Å². The van der Waals surface area contributed by atoms with Gasteiger partial charge in [-0.2, -0.15) is 23.5 Å². The number of nitrogens with one attached hydrogen (secondary N) is 1. The van der Waals surface area contributed by atoms with Crippen LogP contribution in [0, 0.1) is 11.3 Å². The smallest absolute Gasteiger partial charge is 0.417 e. The van der Waals surface area contributed by atoms with Crippen LogP contribution in [0.1, 0.15) is 40.9 Å². The van der Waals surface area contributed by atoms with Crippen molar-refractivity contribution in [1.82, 2.24) is 14.8 Å². The van der Waals surface area contributed by atoms with Crippen LogP contribution < -0.4 is 5.32 Å². The molecule has 1 atom stereocenters. The van der Waals surface area contributed by atoms with Gasteiger partial charge >= 0.3 is 12.1 Å². The number of halogens is 3. The summed E-state index contributed by atoms with van der Waals surface area (Å²) in [6.07, 6.45) is -3.30. The molecule has 1 unspecified atom stereocenters. The molecule has 0 saturated heterocycles. The zero-order chi connectivity index (χ0) is 28.9. The maximum atomic E-state index is 13.7. The van der Waals surface area contributed by atoms with Gasteiger partial charge < -0.3 is 10.1 Å². The van der Waals surface area contributed by atoms with Gasteiger partial charge in [-0.25, -0.2) is 4.98 Å². The number of hydrogen-bond donors (Lipinski definition) is 1. The molecule has 4 rings (SSSR count). The predicted molar refractivity (Wildman–Crippen MR) is 141 cm³/mol. The molecule has 204 valence electrons. The van der Waals surface area contributed by atoms with Gasteiger partial charge in [-0.15, -0.1) is 0 Å². The normalized spacial score (nSPS) is 11.9. The topological polar surface area (TPSA) is 110 Å². The van der Waals surface area contributed by atoms with E-state index in [0.29, 0.717) is 11.3 Å². The minimum absolute atomic E-state index is 0.0226. The van der Waals surface area contributed by atoms with Gasteiger partial charge in [0.2, 0.25) is 0 Å². The molecule has 2 aromatic carbocycles. The summed E-state index contributed by atoms with van der Waals surface area (Å²) in [5, 5.41) is 16.1. The van der Waals surface area contributed by atoms with Crippen LogP contribution >= 0.6 is 0 Å². The van der Waals surface area contributed by atoms with Crippen LogP contribution in [0.2, 0.25) is 0 Å². The van der Waals surface area contributed by atoms with Gasteiger partial charge in [0, 0.05) is 29.9 Å². The van der Waals surface area contributed by atoms with Gasteiger partial charge in [-0.3, -0.25) is 14.3 Å². The largest absolute Gasteiger partial charge is 0.465 e. The van der Waals surface area contributed by atoms with Crippen LogP contribution in [0.15, 0.2) is 72.9 Å². The number of carbonyl (C=O) groups is 2. The van der Waals surface area contributed by atoms with E-state index in [4.69, 9.17) is 4.74 Å². The summed E-state index contributed by atoms with van der Waals surface area (Å²) < 4.78 is 47.7. The van der Waals surface area contributed by atoms with E-state index in [1.54, 1.807) is 44.3 Å². The summed E-state index contributed by atoms with van der Waals surface area (Å²) in [7, 11) is 1.58. The third-order valence-corrected chi connectivity index (χ3v) is 6.01. The molecule has 2 heterocycles. The van der Waals surface area contributed by atoms with E-state index >= 15 is 0 Å². The fourth-order valence-electron chi connectivity index (χ4n) is 4.13. The van der Waals surface area contributed by atoms with Gasteiger partial charge in [-0.05, 0) is 43.3 Å². The number of hydrogen-bond acceptors (Lipinski definition) is 6. The van der Waals surface area contributed by atoms with Crippen molar-refractivity contribution in [3.05, 3.63) is 89.7 Å². The van der Waals surface area contributed by atoms with Crippen molar-refractivity contribution in [3.8, 4) is 28.6 Å². The first-order chi connectivity index (χ1) is 19.1. The van der Waals surface area contributed by atoms with Crippen molar-refractivity contribution >= 4 is 17.6 Å². The van der Waals surface area contributed by atoms with Crippen molar-refractivity contribution in [1.29, 1.82) is 5.26 Å². The average Bonchev–Trinajstić information content (AvgIpc) is 3.38. The number of ether oxygens (including phenoxy) is 1. The third-order valence-electron chi connectivity index (χ3n) is 6.01. The Morgan fingerprint density at radius 1 is 1.10 bits per heavy atom. The fourth-order valence-corrected chi connectivity index (χ4v) is 4.13. The number of anilines is 1. The van der Waals surface area contributed by atoms with E-state index in [-0.39, 0.29) is 41.2 Å². The highest BCUT2D eigenvalue weighted by atomic mass is 19.4. The van der Waals surface area contributed by atoms with Gasteiger partial charge in [0.1, 0.15) is 5.92 Å². The lowest BCUT2D eigenvalue weighted by Crippen LogP contribution is -2.18. The van der Waals surface area contributed by atoms with Crippen molar-refractivity contribution in [3.63, 3.8) is 0 Å². The second-order valence-corrected chi connectivity index (χ2v) is 8.75. The fraction of sp³-hybridized carbons (Fsp3) is 0.207. The zero-order valence-electron chi connectivity index (χ0n) is 21.6. The molecule has 2 aromatic heterocycles. The predicted octanol–water partition coefficient (Wildman–Crippen LogP) is 5.98. The minimum Gasteiger partial charge on any atom is -0.465 e. The molecule has 1 N–H and O–H groups in total. The van der Waals surface area contributed by atoms with Crippen molar-refractivity contribution in [2.45, 2.75) is 25.4 Å². The lowest BCUT2D eigenvalue weighted by Gasteiger charge is -2.17. The Morgan fingerprint density at radius 3 is 2.48 bits per heavy atom. The number of benzene rings is 2. The molecule has 0 bridgehead atoms. The van der Waals surface area contributed by atoms with E-state index < -0.39 is 29.5 Å². The second kappa shape index (κ2) is 11.8. The van der Waals surface area contributed by atoms with E-state index in [1.807, 2.05) is 6.07 Å². The van der Waals surface area contributed by atoms with Crippen molar-refractivity contribution in [2.75, 3.05) is 11.9 Å². The molecule has 11 heteroatoms. The number of aryl methyl sites for hydroxylation is 1. The first-order valence-electron chi connectivity index (χ1n) is 12.2. The van der Waals surface area contributed by atoms with E-state index in [1.165, 1.54) is 29.1 Å². The standard InChI is InChI=1S/C29H24F3N5O3/c1-3-40-28(39)20(13-15-33)23-11-12-25(26(34-23)18-7-5-4-6-8-18)35-27(38)19-9-10-22(29(30,31)32)21(17-19)24-14-16-37(2)36-24/h4-12,14,16-17,20H,3,13H2,1-2H3,(H,35,38). The number of nitrogens with zero attached hydrogens (tertiary/aromatic N) is 4. The summed E-state index contributed by atoms with van der Waals surface area (Å²) in [5.74, 6) is -2.20. The highest BCUT2D eigenvalue weighted by molar-refractivity contribution is 6.06.